The molecule has 0 radical (unpaired) electrons. The Morgan fingerprint density at radius 2 is 2.00 bits per heavy atom. The number of rotatable bonds is 9. The van der Waals surface area contributed by atoms with Crippen molar-refractivity contribution in [2.45, 2.75) is 38.6 Å². The maximum Gasteiger partial charge on any atom is 0.119 e. The van der Waals surface area contributed by atoms with Gasteiger partial charge in [0, 0.05) is 12.6 Å². The minimum absolute atomic E-state index is 0.313. The average Bonchev–Trinajstić information content (AvgIpc) is 2.42. The first-order valence-electron chi connectivity index (χ1n) is 6.76. The predicted octanol–water partition coefficient (Wildman–Crippen LogP) is 2.90. The van der Waals surface area contributed by atoms with Gasteiger partial charge in [0.25, 0.3) is 0 Å². The molecule has 102 valence electrons. The third kappa shape index (κ3) is 5.52. The van der Waals surface area contributed by atoms with Gasteiger partial charge in [-0.3, -0.25) is 0 Å². The second kappa shape index (κ2) is 8.95. The quantitative estimate of drug-likeness (QED) is 0.663. The van der Waals surface area contributed by atoms with E-state index in [1.807, 2.05) is 12.1 Å². The Bertz CT molecular complexity index is 328. The van der Waals surface area contributed by atoms with Crippen LogP contribution in [0.1, 0.15) is 44.2 Å². The zero-order valence-electron chi connectivity index (χ0n) is 11.5. The Balaban J connectivity index is 2.25. The summed E-state index contributed by atoms with van der Waals surface area (Å²) in [4.78, 5) is 0. The summed E-state index contributed by atoms with van der Waals surface area (Å²) in [6.45, 7) is 3.50. The predicted molar refractivity (Wildman–Crippen MR) is 75.0 cm³/mol. The van der Waals surface area contributed by atoms with Gasteiger partial charge in [-0.1, -0.05) is 25.0 Å². The van der Waals surface area contributed by atoms with Crippen LogP contribution in [0.15, 0.2) is 24.3 Å². The summed E-state index contributed by atoms with van der Waals surface area (Å²) in [6, 6.07) is 8.52. The van der Waals surface area contributed by atoms with E-state index in [0.29, 0.717) is 12.6 Å². The number of methoxy groups -OCH3 is 1. The molecule has 1 atom stereocenters. The highest BCUT2D eigenvalue weighted by atomic mass is 16.5. The Labute approximate surface area is 110 Å². The zero-order valence-corrected chi connectivity index (χ0v) is 11.5. The summed E-state index contributed by atoms with van der Waals surface area (Å²) in [5.41, 5.74) is 1.25. The lowest BCUT2D eigenvalue weighted by atomic mass is 10.1. The molecule has 0 aliphatic carbocycles. The number of nitrogens with one attached hydrogen (secondary N) is 1. The van der Waals surface area contributed by atoms with Crippen molar-refractivity contribution < 1.29 is 9.84 Å². The molecule has 0 fully saturated rings. The molecule has 0 heterocycles. The number of ether oxygens (including phenoxy) is 1. The van der Waals surface area contributed by atoms with Gasteiger partial charge in [0.2, 0.25) is 0 Å². The van der Waals surface area contributed by atoms with Crippen molar-refractivity contribution in [1.82, 2.24) is 5.32 Å². The molecule has 0 saturated heterocycles. The van der Waals surface area contributed by atoms with Crippen LogP contribution >= 0.6 is 0 Å². The van der Waals surface area contributed by atoms with E-state index in [1.165, 1.54) is 12.0 Å². The van der Waals surface area contributed by atoms with Gasteiger partial charge < -0.3 is 15.2 Å². The lowest BCUT2D eigenvalue weighted by Gasteiger charge is -2.15. The van der Waals surface area contributed by atoms with E-state index in [1.54, 1.807) is 7.11 Å². The first-order chi connectivity index (χ1) is 8.77. The molecule has 1 aromatic carbocycles. The molecular weight excluding hydrogens is 226 g/mol. The lowest BCUT2D eigenvalue weighted by molar-refractivity contribution is 0.282. The van der Waals surface area contributed by atoms with Gasteiger partial charge >= 0.3 is 0 Å². The Morgan fingerprint density at radius 3 is 2.72 bits per heavy atom. The van der Waals surface area contributed by atoms with Gasteiger partial charge in [-0.05, 0) is 44.0 Å². The summed E-state index contributed by atoms with van der Waals surface area (Å²) in [5, 5.41) is 12.2. The van der Waals surface area contributed by atoms with Crippen molar-refractivity contribution in [3.05, 3.63) is 29.8 Å². The zero-order chi connectivity index (χ0) is 13.2. The number of aliphatic hydroxyl groups is 1. The second-order valence-corrected chi connectivity index (χ2v) is 4.59. The minimum Gasteiger partial charge on any atom is -0.497 e. The van der Waals surface area contributed by atoms with Crippen LogP contribution in [-0.2, 0) is 0 Å². The molecule has 2 N–H and O–H groups in total. The van der Waals surface area contributed by atoms with Crippen LogP contribution < -0.4 is 10.1 Å². The maximum absolute atomic E-state index is 8.68. The van der Waals surface area contributed by atoms with Gasteiger partial charge in [-0.2, -0.15) is 0 Å². The van der Waals surface area contributed by atoms with Crippen molar-refractivity contribution in [1.29, 1.82) is 0 Å². The molecule has 0 aromatic heterocycles. The van der Waals surface area contributed by atoms with Crippen LogP contribution in [0.5, 0.6) is 5.75 Å². The van der Waals surface area contributed by atoms with Crippen LogP contribution in [0, 0.1) is 0 Å². The number of unbranched alkanes of at least 4 members (excludes halogenated alkanes) is 3. The fourth-order valence-electron chi connectivity index (χ4n) is 1.94. The van der Waals surface area contributed by atoms with Crippen LogP contribution in [-0.4, -0.2) is 25.4 Å². The summed E-state index contributed by atoms with van der Waals surface area (Å²) < 4.78 is 5.22. The van der Waals surface area contributed by atoms with Gasteiger partial charge in [-0.25, -0.2) is 0 Å². The highest BCUT2D eigenvalue weighted by Gasteiger charge is 2.04. The first-order valence-corrected chi connectivity index (χ1v) is 6.76. The molecule has 0 aliphatic heterocycles. The third-order valence-corrected chi connectivity index (χ3v) is 3.13. The SMILES string of the molecule is COc1cccc(C(C)NCCCCCCO)c1. The smallest absolute Gasteiger partial charge is 0.119 e. The fourth-order valence-corrected chi connectivity index (χ4v) is 1.94. The van der Waals surface area contributed by atoms with Gasteiger partial charge in [0.15, 0.2) is 0 Å². The topological polar surface area (TPSA) is 41.5 Å². The van der Waals surface area contributed by atoms with Crippen molar-refractivity contribution in [2.75, 3.05) is 20.3 Å². The molecule has 3 heteroatoms. The number of aliphatic hydroxyl groups excluding tert-OH is 1. The molecule has 1 rings (SSSR count). The third-order valence-electron chi connectivity index (χ3n) is 3.13. The Morgan fingerprint density at radius 1 is 1.22 bits per heavy atom. The molecule has 0 spiro atoms. The van der Waals surface area contributed by atoms with Crippen molar-refractivity contribution >= 4 is 0 Å². The molecule has 0 bridgehead atoms. The van der Waals surface area contributed by atoms with Crippen LogP contribution in [0.4, 0.5) is 0 Å². The monoisotopic (exact) mass is 251 g/mol. The minimum atomic E-state index is 0.313. The van der Waals surface area contributed by atoms with E-state index in [2.05, 4.69) is 24.4 Å². The average molecular weight is 251 g/mol. The Hall–Kier alpha value is -1.06. The molecule has 0 amide bonds. The number of hydrogen-bond acceptors (Lipinski definition) is 3. The molecule has 3 nitrogen and oxygen atoms in total. The van der Waals surface area contributed by atoms with E-state index >= 15 is 0 Å². The van der Waals surface area contributed by atoms with Crippen molar-refractivity contribution in [3.63, 3.8) is 0 Å². The maximum atomic E-state index is 8.68. The van der Waals surface area contributed by atoms with Gasteiger partial charge in [-0.15, -0.1) is 0 Å². The summed E-state index contributed by atoms with van der Waals surface area (Å²) in [7, 11) is 1.69. The van der Waals surface area contributed by atoms with Crippen molar-refractivity contribution in [3.8, 4) is 5.75 Å². The van der Waals surface area contributed by atoms with Crippen LogP contribution in [0.3, 0.4) is 0 Å². The summed E-state index contributed by atoms with van der Waals surface area (Å²) in [6.07, 6.45) is 4.38. The molecule has 18 heavy (non-hydrogen) atoms. The van der Waals surface area contributed by atoms with Crippen LogP contribution in [0.25, 0.3) is 0 Å². The normalized spacial score (nSPS) is 12.4. The first kappa shape index (κ1) is 15.0. The number of benzene rings is 1. The fraction of sp³-hybridized carbons (Fsp3) is 0.600. The van der Waals surface area contributed by atoms with E-state index in [0.717, 1.165) is 31.6 Å². The molecule has 0 aliphatic rings. The number of hydrogen-bond donors (Lipinski definition) is 2. The largest absolute Gasteiger partial charge is 0.497 e. The van der Waals surface area contributed by atoms with E-state index in [-0.39, 0.29) is 0 Å². The standard InChI is InChI=1S/C15H25NO2/c1-13(16-10-5-3-4-6-11-17)14-8-7-9-15(12-14)18-2/h7-9,12-13,16-17H,3-6,10-11H2,1-2H3. The van der Waals surface area contributed by atoms with E-state index in [9.17, 15) is 0 Å². The second-order valence-electron chi connectivity index (χ2n) is 4.59. The highest BCUT2D eigenvalue weighted by Crippen LogP contribution is 2.18. The molecule has 1 aromatic rings. The molecule has 0 saturated carbocycles. The van der Waals surface area contributed by atoms with E-state index in [4.69, 9.17) is 9.84 Å². The van der Waals surface area contributed by atoms with Gasteiger partial charge in [0.05, 0.1) is 7.11 Å². The molecule has 1 unspecified atom stereocenters. The Kier molecular flexibility index (Phi) is 7.46. The van der Waals surface area contributed by atoms with E-state index < -0.39 is 0 Å². The lowest BCUT2D eigenvalue weighted by Crippen LogP contribution is -2.19. The van der Waals surface area contributed by atoms with Crippen molar-refractivity contribution in [2.24, 2.45) is 0 Å². The highest BCUT2D eigenvalue weighted by molar-refractivity contribution is 5.30. The molecular formula is C15H25NO2. The van der Waals surface area contributed by atoms with Gasteiger partial charge in [0.1, 0.15) is 5.75 Å². The summed E-state index contributed by atoms with van der Waals surface area (Å²) >= 11 is 0. The summed E-state index contributed by atoms with van der Waals surface area (Å²) in [5.74, 6) is 0.907. The van der Waals surface area contributed by atoms with Crippen LogP contribution in [0.2, 0.25) is 0 Å².